The molecular formula is C16H20ClFN4O. The van der Waals surface area contributed by atoms with Gasteiger partial charge in [0.1, 0.15) is 5.82 Å². The molecule has 124 valence electrons. The fraction of sp³-hybridized carbons (Fsp3) is 0.500. The first kappa shape index (κ1) is 16.4. The summed E-state index contributed by atoms with van der Waals surface area (Å²) in [7, 11) is 0. The lowest BCUT2D eigenvalue weighted by atomic mass is 10.00. The summed E-state index contributed by atoms with van der Waals surface area (Å²) >= 11 is 5.81. The molecule has 1 aliphatic rings. The SMILES string of the molecule is CCN1CC[C@@H](NCc2noc(C)n2)[C@H]1c1ccc(Cl)c(F)c1. The Kier molecular flexibility index (Phi) is 4.94. The van der Waals surface area contributed by atoms with Gasteiger partial charge in [0.15, 0.2) is 5.82 Å². The van der Waals surface area contributed by atoms with E-state index in [0.717, 1.165) is 25.1 Å². The molecule has 0 radical (unpaired) electrons. The highest BCUT2D eigenvalue weighted by atomic mass is 35.5. The number of halogens is 2. The van der Waals surface area contributed by atoms with Crippen molar-refractivity contribution in [1.29, 1.82) is 0 Å². The van der Waals surface area contributed by atoms with Gasteiger partial charge in [-0.05, 0) is 30.7 Å². The first-order valence-electron chi connectivity index (χ1n) is 7.80. The zero-order valence-electron chi connectivity index (χ0n) is 13.2. The smallest absolute Gasteiger partial charge is 0.223 e. The number of benzene rings is 1. The van der Waals surface area contributed by atoms with E-state index in [4.69, 9.17) is 16.1 Å². The van der Waals surface area contributed by atoms with Crippen LogP contribution in [0.2, 0.25) is 5.02 Å². The van der Waals surface area contributed by atoms with Crippen LogP contribution >= 0.6 is 11.6 Å². The van der Waals surface area contributed by atoms with Crippen LogP contribution in [0.5, 0.6) is 0 Å². The highest BCUT2D eigenvalue weighted by Crippen LogP contribution is 2.33. The van der Waals surface area contributed by atoms with Crippen LogP contribution in [-0.2, 0) is 6.54 Å². The van der Waals surface area contributed by atoms with Crippen molar-refractivity contribution in [2.75, 3.05) is 13.1 Å². The third-order valence-electron chi connectivity index (χ3n) is 4.29. The minimum Gasteiger partial charge on any atom is -0.340 e. The highest BCUT2D eigenvalue weighted by Gasteiger charge is 2.34. The third kappa shape index (κ3) is 3.54. The van der Waals surface area contributed by atoms with Crippen LogP contribution in [0, 0.1) is 12.7 Å². The summed E-state index contributed by atoms with van der Waals surface area (Å²) in [5.41, 5.74) is 0.938. The summed E-state index contributed by atoms with van der Waals surface area (Å²) in [6, 6.07) is 5.37. The lowest BCUT2D eigenvalue weighted by Crippen LogP contribution is -2.36. The van der Waals surface area contributed by atoms with Crippen molar-refractivity contribution in [3.63, 3.8) is 0 Å². The standard InChI is InChI=1S/C16H20ClFN4O/c1-3-22-7-6-14(19-9-15-20-10(2)23-21-15)16(22)11-4-5-12(17)13(18)8-11/h4-5,8,14,16,19H,3,6-7,9H2,1-2H3/t14-,16-/m1/s1. The molecule has 0 amide bonds. The molecule has 1 aliphatic heterocycles. The number of hydrogen-bond donors (Lipinski definition) is 1. The predicted octanol–water partition coefficient (Wildman–Crippen LogP) is 3.10. The van der Waals surface area contributed by atoms with Gasteiger partial charge in [-0.3, -0.25) is 4.90 Å². The molecule has 5 nitrogen and oxygen atoms in total. The van der Waals surface area contributed by atoms with Crippen LogP contribution in [0.25, 0.3) is 0 Å². The van der Waals surface area contributed by atoms with Crippen LogP contribution in [0.4, 0.5) is 4.39 Å². The van der Waals surface area contributed by atoms with Crippen molar-refractivity contribution in [1.82, 2.24) is 20.4 Å². The molecule has 2 aromatic rings. The van der Waals surface area contributed by atoms with E-state index in [1.165, 1.54) is 6.07 Å². The van der Waals surface area contributed by atoms with E-state index < -0.39 is 0 Å². The quantitative estimate of drug-likeness (QED) is 0.908. The second-order valence-electron chi connectivity index (χ2n) is 5.75. The van der Waals surface area contributed by atoms with E-state index in [1.54, 1.807) is 13.0 Å². The van der Waals surface area contributed by atoms with Crippen molar-refractivity contribution < 1.29 is 8.91 Å². The van der Waals surface area contributed by atoms with Crippen molar-refractivity contribution in [3.05, 3.63) is 46.3 Å². The Balaban J connectivity index is 1.76. The molecule has 0 bridgehead atoms. The van der Waals surface area contributed by atoms with E-state index in [2.05, 4.69) is 27.3 Å². The lowest BCUT2D eigenvalue weighted by molar-refractivity contribution is 0.247. The molecule has 0 aliphatic carbocycles. The number of likely N-dealkylation sites (N-methyl/N-ethyl adjacent to an activating group) is 1. The molecule has 23 heavy (non-hydrogen) atoms. The number of likely N-dealkylation sites (tertiary alicyclic amines) is 1. The second-order valence-corrected chi connectivity index (χ2v) is 6.16. The molecule has 7 heteroatoms. The van der Waals surface area contributed by atoms with Gasteiger partial charge in [0.25, 0.3) is 0 Å². The number of rotatable bonds is 5. The Morgan fingerprint density at radius 1 is 1.48 bits per heavy atom. The maximum absolute atomic E-state index is 13.8. The van der Waals surface area contributed by atoms with Crippen molar-refractivity contribution in [3.8, 4) is 0 Å². The third-order valence-corrected chi connectivity index (χ3v) is 4.59. The maximum atomic E-state index is 13.8. The summed E-state index contributed by atoms with van der Waals surface area (Å²) in [5.74, 6) is 0.817. The molecule has 0 unspecified atom stereocenters. The molecule has 1 aromatic heterocycles. The van der Waals surface area contributed by atoms with E-state index in [1.807, 2.05) is 6.07 Å². The van der Waals surface area contributed by atoms with Crippen molar-refractivity contribution >= 4 is 11.6 Å². The molecule has 2 atom stereocenters. The molecule has 1 fully saturated rings. The van der Waals surface area contributed by atoms with Crippen LogP contribution in [0.3, 0.4) is 0 Å². The first-order valence-corrected chi connectivity index (χ1v) is 8.18. The summed E-state index contributed by atoms with van der Waals surface area (Å²) in [6.07, 6.45) is 0.986. The van der Waals surface area contributed by atoms with Crippen LogP contribution in [0.1, 0.15) is 36.7 Å². The van der Waals surface area contributed by atoms with Crippen LogP contribution in [0.15, 0.2) is 22.7 Å². The monoisotopic (exact) mass is 338 g/mol. The second kappa shape index (κ2) is 6.95. The van der Waals surface area contributed by atoms with Crippen molar-refractivity contribution in [2.45, 2.75) is 38.9 Å². The highest BCUT2D eigenvalue weighted by molar-refractivity contribution is 6.30. The molecule has 3 rings (SSSR count). The fourth-order valence-corrected chi connectivity index (χ4v) is 3.32. The van der Waals surface area contributed by atoms with E-state index >= 15 is 0 Å². The van der Waals surface area contributed by atoms with E-state index in [9.17, 15) is 4.39 Å². The van der Waals surface area contributed by atoms with Gasteiger partial charge in [-0.2, -0.15) is 4.98 Å². The van der Waals surface area contributed by atoms with E-state index in [-0.39, 0.29) is 22.9 Å². The Labute approximate surface area is 139 Å². The average Bonchev–Trinajstić information content (AvgIpc) is 3.13. The molecule has 0 saturated carbocycles. The van der Waals surface area contributed by atoms with Gasteiger partial charge in [0, 0.05) is 19.5 Å². The lowest BCUT2D eigenvalue weighted by Gasteiger charge is -2.28. The number of nitrogens with zero attached hydrogens (tertiary/aromatic N) is 3. The minimum atomic E-state index is -0.375. The van der Waals surface area contributed by atoms with Crippen LogP contribution < -0.4 is 5.32 Å². The van der Waals surface area contributed by atoms with E-state index in [0.29, 0.717) is 18.3 Å². The van der Waals surface area contributed by atoms with Gasteiger partial charge >= 0.3 is 0 Å². The molecule has 0 spiro atoms. The molecule has 1 N–H and O–H groups in total. The fourth-order valence-electron chi connectivity index (χ4n) is 3.20. The predicted molar refractivity (Wildman–Crippen MR) is 85.7 cm³/mol. The molecular weight excluding hydrogens is 319 g/mol. The Morgan fingerprint density at radius 3 is 2.96 bits per heavy atom. The maximum Gasteiger partial charge on any atom is 0.223 e. The Hall–Kier alpha value is -1.50. The Morgan fingerprint density at radius 2 is 2.30 bits per heavy atom. The van der Waals surface area contributed by atoms with Crippen LogP contribution in [-0.4, -0.2) is 34.2 Å². The average molecular weight is 339 g/mol. The summed E-state index contributed by atoms with van der Waals surface area (Å²) in [5, 5.41) is 7.53. The van der Waals surface area contributed by atoms with Gasteiger partial charge in [0.2, 0.25) is 5.89 Å². The van der Waals surface area contributed by atoms with Crippen molar-refractivity contribution in [2.24, 2.45) is 0 Å². The minimum absolute atomic E-state index is 0.111. The largest absolute Gasteiger partial charge is 0.340 e. The molecule has 1 saturated heterocycles. The van der Waals surface area contributed by atoms with Gasteiger partial charge in [-0.1, -0.05) is 29.7 Å². The first-order chi connectivity index (χ1) is 11.1. The number of aryl methyl sites for hydroxylation is 1. The summed E-state index contributed by atoms with van der Waals surface area (Å²) in [4.78, 5) is 6.54. The Bertz CT molecular complexity index is 678. The molecule has 2 heterocycles. The number of aromatic nitrogens is 2. The zero-order chi connectivity index (χ0) is 16.4. The summed E-state index contributed by atoms with van der Waals surface area (Å²) in [6.45, 7) is 6.29. The van der Waals surface area contributed by atoms with Gasteiger partial charge in [0.05, 0.1) is 17.6 Å². The normalized spacial score (nSPS) is 21.9. The topological polar surface area (TPSA) is 54.2 Å². The summed E-state index contributed by atoms with van der Waals surface area (Å²) < 4.78 is 18.8. The van der Waals surface area contributed by atoms with Gasteiger partial charge < -0.3 is 9.84 Å². The number of nitrogens with one attached hydrogen (secondary N) is 1. The van der Waals surface area contributed by atoms with Gasteiger partial charge in [-0.25, -0.2) is 4.39 Å². The van der Waals surface area contributed by atoms with Gasteiger partial charge in [-0.15, -0.1) is 0 Å². The molecule has 1 aromatic carbocycles. The zero-order valence-corrected chi connectivity index (χ0v) is 14.0. The number of hydrogen-bond acceptors (Lipinski definition) is 5.